The van der Waals surface area contributed by atoms with Gasteiger partial charge in [0.2, 0.25) is 0 Å². The van der Waals surface area contributed by atoms with Crippen molar-refractivity contribution in [3.63, 3.8) is 0 Å². The van der Waals surface area contributed by atoms with E-state index in [9.17, 15) is 13.5 Å². The molecule has 3 nitrogen and oxygen atoms in total. The summed E-state index contributed by atoms with van der Waals surface area (Å²) in [5.41, 5.74) is 0. The van der Waals surface area contributed by atoms with Gasteiger partial charge in [-0.3, -0.25) is 0 Å². The Bertz CT molecular complexity index is 221. The van der Waals surface area contributed by atoms with E-state index in [1.54, 1.807) is 0 Å². The fourth-order valence-corrected chi connectivity index (χ4v) is 1.80. The monoisotopic (exact) mass is 208 g/mol. The summed E-state index contributed by atoms with van der Waals surface area (Å²) in [6.45, 7) is 4.00. The van der Waals surface area contributed by atoms with E-state index >= 15 is 0 Å². The van der Waals surface area contributed by atoms with E-state index in [4.69, 9.17) is 0 Å². The van der Waals surface area contributed by atoms with Crippen molar-refractivity contribution in [2.75, 3.05) is 12.0 Å². The highest BCUT2D eigenvalue weighted by Crippen LogP contribution is 2.12. The normalized spacial score (nSPS) is 16.9. The molecule has 1 N–H and O–H groups in total. The van der Waals surface area contributed by atoms with E-state index in [0.717, 1.165) is 6.42 Å². The van der Waals surface area contributed by atoms with Crippen LogP contribution in [0.2, 0.25) is 0 Å². The summed E-state index contributed by atoms with van der Waals surface area (Å²) >= 11 is 0. The molecule has 0 saturated carbocycles. The number of rotatable bonds is 6. The topological polar surface area (TPSA) is 54.4 Å². The van der Waals surface area contributed by atoms with Crippen molar-refractivity contribution in [3.8, 4) is 0 Å². The maximum absolute atomic E-state index is 10.8. The smallest absolute Gasteiger partial charge is 0.147 e. The highest BCUT2D eigenvalue weighted by molar-refractivity contribution is 7.90. The fourth-order valence-electron chi connectivity index (χ4n) is 1.11. The van der Waals surface area contributed by atoms with Gasteiger partial charge in [-0.1, -0.05) is 20.3 Å². The van der Waals surface area contributed by atoms with Crippen molar-refractivity contribution in [2.45, 2.75) is 39.2 Å². The van der Waals surface area contributed by atoms with Crippen LogP contribution in [0.15, 0.2) is 0 Å². The lowest BCUT2D eigenvalue weighted by Crippen LogP contribution is -2.18. The second-order valence-electron chi connectivity index (χ2n) is 3.72. The van der Waals surface area contributed by atoms with Gasteiger partial charge in [-0.25, -0.2) is 8.42 Å². The maximum atomic E-state index is 10.8. The lowest BCUT2D eigenvalue weighted by molar-refractivity contribution is 0.105. The molecule has 0 heterocycles. The molecule has 0 amide bonds. The first-order valence-electron chi connectivity index (χ1n) is 4.72. The molecule has 0 aliphatic heterocycles. The quantitative estimate of drug-likeness (QED) is 0.714. The third-order valence-electron chi connectivity index (χ3n) is 2.32. The zero-order valence-corrected chi connectivity index (χ0v) is 9.47. The largest absolute Gasteiger partial charge is 0.393 e. The van der Waals surface area contributed by atoms with E-state index < -0.39 is 9.84 Å². The van der Waals surface area contributed by atoms with Crippen LogP contribution in [0.1, 0.15) is 33.1 Å². The molecule has 0 saturated heterocycles. The SMILES string of the molecule is CCC(C)C(O)CCCS(C)(=O)=O. The van der Waals surface area contributed by atoms with Crippen LogP contribution in [-0.2, 0) is 9.84 Å². The number of aliphatic hydroxyl groups is 1. The van der Waals surface area contributed by atoms with E-state index in [2.05, 4.69) is 0 Å². The van der Waals surface area contributed by atoms with Gasteiger partial charge >= 0.3 is 0 Å². The molecular formula is C9H20O3S. The summed E-state index contributed by atoms with van der Waals surface area (Å²) < 4.78 is 21.5. The second-order valence-corrected chi connectivity index (χ2v) is 5.98. The Morgan fingerprint density at radius 3 is 2.31 bits per heavy atom. The van der Waals surface area contributed by atoms with Crippen LogP contribution in [0.4, 0.5) is 0 Å². The Labute approximate surface area is 81.1 Å². The van der Waals surface area contributed by atoms with Gasteiger partial charge in [0, 0.05) is 12.0 Å². The zero-order valence-electron chi connectivity index (χ0n) is 8.66. The molecule has 0 aliphatic carbocycles. The molecule has 13 heavy (non-hydrogen) atoms. The van der Waals surface area contributed by atoms with Crippen LogP contribution in [0, 0.1) is 5.92 Å². The number of aliphatic hydroxyl groups excluding tert-OH is 1. The Hall–Kier alpha value is -0.0900. The molecule has 0 spiro atoms. The highest BCUT2D eigenvalue weighted by Gasteiger charge is 2.12. The molecule has 0 aliphatic rings. The van der Waals surface area contributed by atoms with Crippen molar-refractivity contribution in [1.82, 2.24) is 0 Å². The molecule has 0 fully saturated rings. The van der Waals surface area contributed by atoms with Crippen LogP contribution in [-0.4, -0.2) is 31.6 Å². The molecular weight excluding hydrogens is 188 g/mol. The van der Waals surface area contributed by atoms with Crippen molar-refractivity contribution in [1.29, 1.82) is 0 Å². The molecule has 2 atom stereocenters. The first kappa shape index (κ1) is 12.9. The van der Waals surface area contributed by atoms with Gasteiger partial charge in [0.05, 0.1) is 6.10 Å². The summed E-state index contributed by atoms with van der Waals surface area (Å²) in [5, 5.41) is 9.52. The van der Waals surface area contributed by atoms with Crippen molar-refractivity contribution in [2.24, 2.45) is 5.92 Å². The summed E-state index contributed by atoms with van der Waals surface area (Å²) in [7, 11) is -2.86. The van der Waals surface area contributed by atoms with Gasteiger partial charge in [-0.05, 0) is 18.8 Å². The number of hydrogen-bond donors (Lipinski definition) is 1. The van der Waals surface area contributed by atoms with Gasteiger partial charge in [-0.2, -0.15) is 0 Å². The molecule has 0 rings (SSSR count). The Morgan fingerprint density at radius 1 is 1.38 bits per heavy atom. The van der Waals surface area contributed by atoms with E-state index in [0.29, 0.717) is 12.8 Å². The van der Waals surface area contributed by atoms with Gasteiger partial charge in [0.25, 0.3) is 0 Å². The summed E-state index contributed by atoms with van der Waals surface area (Å²) in [6.07, 6.45) is 2.95. The van der Waals surface area contributed by atoms with Crippen LogP contribution in [0.3, 0.4) is 0 Å². The average Bonchev–Trinajstić information content (AvgIpc) is 2.00. The molecule has 4 heteroatoms. The van der Waals surface area contributed by atoms with Crippen LogP contribution in [0.25, 0.3) is 0 Å². The van der Waals surface area contributed by atoms with E-state index in [-0.39, 0.29) is 17.8 Å². The average molecular weight is 208 g/mol. The fraction of sp³-hybridized carbons (Fsp3) is 1.00. The molecule has 0 aromatic heterocycles. The van der Waals surface area contributed by atoms with Gasteiger partial charge < -0.3 is 5.11 Å². The predicted molar refractivity (Wildman–Crippen MR) is 54.4 cm³/mol. The van der Waals surface area contributed by atoms with Crippen LogP contribution >= 0.6 is 0 Å². The lowest BCUT2D eigenvalue weighted by atomic mass is 9.98. The van der Waals surface area contributed by atoms with Gasteiger partial charge in [-0.15, -0.1) is 0 Å². The molecule has 0 bridgehead atoms. The zero-order chi connectivity index (χ0) is 10.5. The van der Waals surface area contributed by atoms with Gasteiger partial charge in [0.15, 0.2) is 0 Å². The molecule has 0 aromatic rings. The number of sulfone groups is 1. The highest BCUT2D eigenvalue weighted by atomic mass is 32.2. The maximum Gasteiger partial charge on any atom is 0.147 e. The van der Waals surface area contributed by atoms with Crippen molar-refractivity contribution in [3.05, 3.63) is 0 Å². The summed E-state index contributed by atoms with van der Waals surface area (Å²) in [5.74, 6) is 0.445. The molecule has 2 unspecified atom stereocenters. The minimum atomic E-state index is -2.86. The molecule has 0 aromatic carbocycles. The molecule has 0 radical (unpaired) electrons. The van der Waals surface area contributed by atoms with Crippen molar-refractivity contribution < 1.29 is 13.5 Å². The lowest BCUT2D eigenvalue weighted by Gasteiger charge is -2.16. The minimum absolute atomic E-state index is 0.181. The van der Waals surface area contributed by atoms with Crippen LogP contribution in [0.5, 0.6) is 0 Å². The predicted octanol–water partition coefficient (Wildman–Crippen LogP) is 1.22. The first-order chi connectivity index (χ1) is 5.87. The third-order valence-corrected chi connectivity index (χ3v) is 3.35. The van der Waals surface area contributed by atoms with E-state index in [1.807, 2.05) is 13.8 Å². The summed E-state index contributed by atoms with van der Waals surface area (Å²) in [6, 6.07) is 0. The minimum Gasteiger partial charge on any atom is -0.393 e. The number of hydrogen-bond acceptors (Lipinski definition) is 3. The Balaban J connectivity index is 3.65. The van der Waals surface area contributed by atoms with Crippen molar-refractivity contribution >= 4 is 9.84 Å². The molecule has 80 valence electrons. The Morgan fingerprint density at radius 2 is 1.92 bits per heavy atom. The third kappa shape index (κ3) is 7.02. The Kier molecular flexibility index (Phi) is 5.56. The van der Waals surface area contributed by atoms with Crippen LogP contribution < -0.4 is 0 Å². The standard InChI is InChI=1S/C9H20O3S/c1-4-8(2)9(10)6-5-7-13(3,11)12/h8-10H,4-7H2,1-3H3. The summed E-state index contributed by atoms with van der Waals surface area (Å²) in [4.78, 5) is 0. The second kappa shape index (κ2) is 5.60. The van der Waals surface area contributed by atoms with Gasteiger partial charge in [0.1, 0.15) is 9.84 Å². The first-order valence-corrected chi connectivity index (χ1v) is 6.78. The van der Waals surface area contributed by atoms with E-state index in [1.165, 1.54) is 6.26 Å².